The maximum atomic E-state index is 13.2. The Bertz CT molecular complexity index is 803. The molecule has 0 spiro atoms. The van der Waals surface area contributed by atoms with Crippen LogP contribution in [-0.4, -0.2) is 48.9 Å². The molecule has 1 aliphatic heterocycles. The molecule has 0 unspecified atom stereocenters. The van der Waals surface area contributed by atoms with Crippen molar-refractivity contribution in [3.8, 4) is 0 Å². The average molecular weight is 397 g/mol. The van der Waals surface area contributed by atoms with E-state index in [1.54, 1.807) is 24.0 Å². The molecule has 1 N–H and O–H groups in total. The Morgan fingerprint density at radius 2 is 1.72 bits per heavy atom. The second-order valence-corrected chi connectivity index (χ2v) is 7.45. The highest BCUT2D eigenvalue weighted by atomic mass is 19.1. The summed E-state index contributed by atoms with van der Waals surface area (Å²) in [5.41, 5.74) is 1.75. The molecular formula is C23H28FN3O2. The summed E-state index contributed by atoms with van der Waals surface area (Å²) in [5.74, 6) is -0.297. The number of amides is 2. The van der Waals surface area contributed by atoms with Gasteiger partial charge in [-0.1, -0.05) is 30.3 Å². The van der Waals surface area contributed by atoms with Crippen molar-refractivity contribution < 1.29 is 14.0 Å². The summed E-state index contributed by atoms with van der Waals surface area (Å²) in [5, 5.41) is 2.98. The van der Waals surface area contributed by atoms with Gasteiger partial charge in [-0.3, -0.25) is 9.59 Å². The minimum atomic E-state index is -0.304. The maximum Gasteiger partial charge on any atom is 0.224 e. The van der Waals surface area contributed by atoms with Crippen LogP contribution in [0.15, 0.2) is 54.6 Å². The molecule has 2 aromatic rings. The van der Waals surface area contributed by atoms with Crippen LogP contribution in [0.2, 0.25) is 0 Å². The van der Waals surface area contributed by atoms with Crippen molar-refractivity contribution >= 4 is 17.5 Å². The number of nitrogens with one attached hydrogen (secondary N) is 1. The van der Waals surface area contributed by atoms with Gasteiger partial charge in [-0.2, -0.15) is 0 Å². The Labute approximate surface area is 171 Å². The number of anilines is 1. The Morgan fingerprint density at radius 3 is 2.34 bits per heavy atom. The molecule has 1 saturated heterocycles. The summed E-state index contributed by atoms with van der Waals surface area (Å²) in [7, 11) is 0. The molecule has 1 heterocycles. The molecule has 6 heteroatoms. The number of carbonyl (C=O) groups excluding carboxylic acids is 2. The van der Waals surface area contributed by atoms with E-state index in [0.717, 1.165) is 43.7 Å². The van der Waals surface area contributed by atoms with Gasteiger partial charge in [-0.15, -0.1) is 0 Å². The van der Waals surface area contributed by atoms with Crippen LogP contribution in [0.1, 0.15) is 25.3 Å². The number of nitrogens with zero attached hydrogens (tertiary/aromatic N) is 2. The van der Waals surface area contributed by atoms with Gasteiger partial charge in [0.1, 0.15) is 5.82 Å². The first-order valence-electron chi connectivity index (χ1n) is 10.1. The van der Waals surface area contributed by atoms with E-state index in [0.29, 0.717) is 13.0 Å². The number of rotatable bonds is 7. The lowest BCUT2D eigenvalue weighted by atomic mass is 10.0. The SMILES string of the molecule is CC(=O)N(c1ccc(F)cc1)C1CCN(CCNC(=O)Cc2ccccc2)CC1. The van der Waals surface area contributed by atoms with Crippen LogP contribution in [0.5, 0.6) is 0 Å². The molecule has 0 bridgehead atoms. The molecule has 1 fully saturated rings. The highest BCUT2D eigenvalue weighted by Gasteiger charge is 2.27. The number of piperidine rings is 1. The lowest BCUT2D eigenvalue weighted by Gasteiger charge is -2.38. The Kier molecular flexibility index (Phi) is 7.36. The van der Waals surface area contributed by atoms with Gasteiger partial charge in [0.2, 0.25) is 11.8 Å². The van der Waals surface area contributed by atoms with Gasteiger partial charge in [-0.25, -0.2) is 4.39 Å². The third-order valence-electron chi connectivity index (χ3n) is 5.32. The van der Waals surface area contributed by atoms with Crippen molar-refractivity contribution in [2.45, 2.75) is 32.2 Å². The molecule has 154 valence electrons. The van der Waals surface area contributed by atoms with Gasteiger partial charge >= 0.3 is 0 Å². The summed E-state index contributed by atoms with van der Waals surface area (Å²) in [6.07, 6.45) is 2.11. The number of halogens is 1. The fraction of sp³-hybridized carbons (Fsp3) is 0.391. The van der Waals surface area contributed by atoms with E-state index in [4.69, 9.17) is 0 Å². The third-order valence-corrected chi connectivity index (χ3v) is 5.32. The second-order valence-electron chi connectivity index (χ2n) is 7.45. The summed E-state index contributed by atoms with van der Waals surface area (Å²) < 4.78 is 13.2. The maximum absolute atomic E-state index is 13.2. The van der Waals surface area contributed by atoms with Crippen molar-refractivity contribution in [2.24, 2.45) is 0 Å². The zero-order valence-corrected chi connectivity index (χ0v) is 16.8. The molecule has 2 amide bonds. The molecule has 2 aromatic carbocycles. The quantitative estimate of drug-likeness (QED) is 0.782. The number of carbonyl (C=O) groups is 2. The number of likely N-dealkylation sites (tertiary alicyclic amines) is 1. The molecule has 0 aliphatic carbocycles. The van der Waals surface area contributed by atoms with Crippen LogP contribution in [-0.2, 0) is 16.0 Å². The van der Waals surface area contributed by atoms with Crippen molar-refractivity contribution in [1.29, 1.82) is 0 Å². The zero-order chi connectivity index (χ0) is 20.6. The van der Waals surface area contributed by atoms with Crippen molar-refractivity contribution in [2.75, 3.05) is 31.1 Å². The van der Waals surface area contributed by atoms with E-state index in [1.165, 1.54) is 12.1 Å². The minimum Gasteiger partial charge on any atom is -0.355 e. The highest BCUT2D eigenvalue weighted by molar-refractivity contribution is 5.92. The van der Waals surface area contributed by atoms with Gasteiger partial charge in [0, 0.05) is 44.8 Å². The van der Waals surface area contributed by atoms with E-state index < -0.39 is 0 Å². The largest absolute Gasteiger partial charge is 0.355 e. The van der Waals surface area contributed by atoms with E-state index in [9.17, 15) is 14.0 Å². The summed E-state index contributed by atoms with van der Waals surface area (Å²) in [6, 6.07) is 15.9. The molecule has 29 heavy (non-hydrogen) atoms. The Hall–Kier alpha value is -2.73. The first-order valence-corrected chi connectivity index (χ1v) is 10.1. The molecule has 3 rings (SSSR count). The molecule has 0 saturated carbocycles. The van der Waals surface area contributed by atoms with E-state index >= 15 is 0 Å². The predicted molar refractivity (Wildman–Crippen MR) is 112 cm³/mol. The third kappa shape index (κ3) is 6.12. The lowest BCUT2D eigenvalue weighted by Crippen LogP contribution is -2.48. The number of hydrogen-bond donors (Lipinski definition) is 1. The highest BCUT2D eigenvalue weighted by Crippen LogP contribution is 2.24. The van der Waals surface area contributed by atoms with Crippen LogP contribution >= 0.6 is 0 Å². The Balaban J connectivity index is 1.43. The zero-order valence-electron chi connectivity index (χ0n) is 16.8. The van der Waals surface area contributed by atoms with Crippen molar-refractivity contribution in [3.63, 3.8) is 0 Å². The minimum absolute atomic E-state index is 0.0248. The standard InChI is InChI=1S/C23H28FN3O2/c1-18(28)27(21-9-7-20(24)8-10-21)22-11-14-26(15-12-22)16-13-25-23(29)17-19-5-3-2-4-6-19/h2-10,22H,11-17H2,1H3,(H,25,29). The van der Waals surface area contributed by atoms with E-state index in [2.05, 4.69) is 10.2 Å². The van der Waals surface area contributed by atoms with Gasteiger partial charge < -0.3 is 15.1 Å². The molecule has 0 radical (unpaired) electrons. The second kappa shape index (κ2) is 10.2. The van der Waals surface area contributed by atoms with Crippen LogP contribution in [0.3, 0.4) is 0 Å². The van der Waals surface area contributed by atoms with Crippen LogP contribution in [0, 0.1) is 5.82 Å². The van der Waals surface area contributed by atoms with Gasteiger partial charge in [0.05, 0.1) is 6.42 Å². The van der Waals surface area contributed by atoms with Gasteiger partial charge in [-0.05, 0) is 42.7 Å². The first-order chi connectivity index (χ1) is 14.0. The Morgan fingerprint density at radius 1 is 1.07 bits per heavy atom. The lowest BCUT2D eigenvalue weighted by molar-refractivity contribution is -0.120. The van der Waals surface area contributed by atoms with E-state index in [-0.39, 0.29) is 23.7 Å². The fourth-order valence-electron chi connectivity index (χ4n) is 3.85. The van der Waals surface area contributed by atoms with Gasteiger partial charge in [0.25, 0.3) is 0 Å². The molecule has 5 nitrogen and oxygen atoms in total. The number of benzene rings is 2. The van der Waals surface area contributed by atoms with E-state index in [1.807, 2.05) is 30.3 Å². The molecular weight excluding hydrogens is 369 g/mol. The smallest absolute Gasteiger partial charge is 0.224 e. The molecule has 0 atom stereocenters. The first kappa shape index (κ1) is 21.0. The predicted octanol–water partition coefficient (Wildman–Crippen LogP) is 3.00. The van der Waals surface area contributed by atoms with Crippen molar-refractivity contribution in [3.05, 3.63) is 66.0 Å². The van der Waals surface area contributed by atoms with Crippen molar-refractivity contribution in [1.82, 2.24) is 10.2 Å². The summed E-state index contributed by atoms with van der Waals surface area (Å²) in [6.45, 7) is 4.70. The van der Waals surface area contributed by atoms with Crippen LogP contribution in [0.4, 0.5) is 10.1 Å². The average Bonchev–Trinajstić information content (AvgIpc) is 2.71. The van der Waals surface area contributed by atoms with Crippen LogP contribution < -0.4 is 10.2 Å². The van der Waals surface area contributed by atoms with Crippen LogP contribution in [0.25, 0.3) is 0 Å². The number of hydrogen-bond acceptors (Lipinski definition) is 3. The summed E-state index contributed by atoms with van der Waals surface area (Å²) >= 11 is 0. The fourth-order valence-corrected chi connectivity index (χ4v) is 3.85. The summed E-state index contributed by atoms with van der Waals surface area (Å²) in [4.78, 5) is 28.3. The monoisotopic (exact) mass is 397 g/mol. The molecule has 1 aliphatic rings. The van der Waals surface area contributed by atoms with Gasteiger partial charge in [0.15, 0.2) is 0 Å². The molecule has 0 aromatic heterocycles. The normalized spacial score (nSPS) is 15.1. The topological polar surface area (TPSA) is 52.7 Å².